The van der Waals surface area contributed by atoms with Crippen LogP contribution in [0.2, 0.25) is 0 Å². The van der Waals surface area contributed by atoms with Crippen LogP contribution in [0.1, 0.15) is 181 Å². The number of likely N-dealkylation sites (N-methyl/N-ethyl adjacent to an activating group) is 1. The van der Waals surface area contributed by atoms with E-state index in [1.807, 2.05) is 25.9 Å². The van der Waals surface area contributed by atoms with Crippen molar-refractivity contribution in [3.63, 3.8) is 0 Å². The molecule has 0 rings (SSSR count). The molecule has 0 heterocycles. The molecule has 0 radical (unpaired) electrons. The van der Waals surface area contributed by atoms with Crippen molar-refractivity contribution in [1.29, 1.82) is 0 Å². The van der Waals surface area contributed by atoms with E-state index in [0.717, 1.165) is 58.4 Å². The Bertz CT molecular complexity index is 571. The van der Waals surface area contributed by atoms with Gasteiger partial charge in [-0.3, -0.25) is 9.59 Å². The maximum atomic E-state index is 10.9. The van der Waals surface area contributed by atoms with Crippen LogP contribution in [-0.4, -0.2) is 113 Å². The first-order chi connectivity index (χ1) is 22.4. The van der Waals surface area contributed by atoms with Crippen LogP contribution in [0.25, 0.3) is 0 Å². The van der Waals surface area contributed by atoms with E-state index in [1.54, 1.807) is 6.92 Å². The average Bonchev–Trinajstić information content (AvgIpc) is 3.02. The largest absolute Gasteiger partial charge is 0.355 e. The fourth-order valence-electron chi connectivity index (χ4n) is 4.05. The summed E-state index contributed by atoms with van der Waals surface area (Å²) in [6, 6.07) is -0.216. The zero-order chi connectivity index (χ0) is 37.1. The lowest BCUT2D eigenvalue weighted by atomic mass is 10.1. The van der Waals surface area contributed by atoms with Crippen molar-refractivity contribution in [2.45, 2.75) is 187 Å². The van der Waals surface area contributed by atoms with Crippen LogP contribution < -0.4 is 22.5 Å². The number of amides is 1. The van der Waals surface area contributed by atoms with Crippen LogP contribution in [-0.2, 0) is 9.59 Å². The van der Waals surface area contributed by atoms with Crippen molar-refractivity contribution in [3.8, 4) is 0 Å². The van der Waals surface area contributed by atoms with Gasteiger partial charge in [0.15, 0.2) is 0 Å². The number of carbonyl (C=O) groups excluding carboxylic acids is 2. The highest BCUT2D eigenvalue weighted by molar-refractivity contribution is 5.81. The number of nitrogens with one attached hydrogen (secondary N) is 1. The summed E-state index contributed by atoms with van der Waals surface area (Å²) in [6.07, 6.45) is 18.8. The van der Waals surface area contributed by atoms with Crippen molar-refractivity contribution in [2.24, 2.45) is 17.2 Å². The highest BCUT2D eigenvalue weighted by atomic mass is 16.1. The van der Waals surface area contributed by atoms with Crippen molar-refractivity contribution < 1.29 is 9.59 Å². The Hall–Kier alpha value is -1.10. The summed E-state index contributed by atoms with van der Waals surface area (Å²) in [4.78, 5) is 28.3. The van der Waals surface area contributed by atoms with E-state index in [1.165, 1.54) is 90.3 Å². The van der Waals surface area contributed by atoms with E-state index in [-0.39, 0.29) is 47.4 Å². The number of rotatable bonds is 25. The maximum absolute atomic E-state index is 10.9. The molecule has 9 heteroatoms. The molecule has 0 saturated heterocycles. The number of carbonyl (C=O) groups is 2. The summed E-state index contributed by atoms with van der Waals surface area (Å²) in [7, 11) is 8.20. The van der Waals surface area contributed by atoms with Crippen LogP contribution in [0.5, 0.6) is 0 Å². The summed E-state index contributed by atoms with van der Waals surface area (Å²) in [5.74, 6) is 0.274. The van der Waals surface area contributed by atoms with E-state index in [9.17, 15) is 9.59 Å². The summed E-state index contributed by atoms with van der Waals surface area (Å²) >= 11 is 0. The second kappa shape index (κ2) is 63.9. The van der Waals surface area contributed by atoms with E-state index >= 15 is 0 Å². The van der Waals surface area contributed by atoms with Crippen LogP contribution in [0, 0.1) is 0 Å². The van der Waals surface area contributed by atoms with Gasteiger partial charge < -0.3 is 37.2 Å². The van der Waals surface area contributed by atoms with Gasteiger partial charge in [-0.05, 0) is 99.8 Å². The van der Waals surface area contributed by atoms with Crippen molar-refractivity contribution in [2.75, 3.05) is 80.5 Å². The van der Waals surface area contributed by atoms with Gasteiger partial charge in [0.05, 0.1) is 6.04 Å². The number of Topliss-reactive ketones (excluding diaryl/α,β-unsaturated/α-hetero) is 1. The lowest BCUT2D eigenvalue weighted by Gasteiger charge is -2.20. The zero-order valence-electron chi connectivity index (χ0n) is 33.9. The molecule has 0 aromatic rings. The summed E-state index contributed by atoms with van der Waals surface area (Å²) in [5, 5.41) is 2.83. The minimum atomic E-state index is -0.216. The molecule has 0 aliphatic heterocycles. The van der Waals surface area contributed by atoms with Crippen LogP contribution in [0.3, 0.4) is 0 Å². The SMILES string of the molecule is C.C.C.C.CCCC(=O)NCCN(C)C.CCCCC.CCCCCCC(N)C(C)=O.CCCCN(C)C.CCCN(CCN)CCCCCN. The van der Waals surface area contributed by atoms with Crippen LogP contribution >= 0.6 is 0 Å². The monoisotopic (exact) mass is 740 g/mol. The van der Waals surface area contributed by atoms with Gasteiger partial charge in [0, 0.05) is 32.6 Å². The average molecular weight is 740 g/mol. The zero-order valence-corrected chi connectivity index (χ0v) is 33.9. The molecule has 0 spiro atoms. The molecule has 9 nitrogen and oxygen atoms in total. The van der Waals surface area contributed by atoms with Gasteiger partial charge in [-0.1, -0.05) is 129 Å². The lowest BCUT2D eigenvalue weighted by Crippen LogP contribution is -2.31. The number of hydrogen-bond acceptors (Lipinski definition) is 8. The van der Waals surface area contributed by atoms with Gasteiger partial charge >= 0.3 is 0 Å². The standard InChI is InChI=1S/C10H25N3.C9H19NO.C8H18N2O.C6H15N.C5H12.4CH4/c1-2-8-13(10-7-12)9-5-3-4-6-11;1-3-4-5-6-7-9(10)8(2)11;1-4-5-8(11)9-6-7-10(2)3;1-4-5-6-7(2)3;1-3-5-4-2;;;;/h2-12H2,1H3;9H,3-7,10H2,1-2H3;4-7H2,1-3H3,(H,9,11);4-6H2,1-3H3;3-5H2,1-2H3;4*1H4. The lowest BCUT2D eigenvalue weighted by molar-refractivity contribution is -0.121. The number of unbranched alkanes of at least 4 members (excludes halogenated alkanes) is 8. The molecule has 320 valence electrons. The summed E-state index contributed by atoms with van der Waals surface area (Å²) in [5.41, 5.74) is 16.5. The van der Waals surface area contributed by atoms with Gasteiger partial charge in [0.2, 0.25) is 5.91 Å². The highest BCUT2D eigenvalue weighted by Gasteiger charge is 2.06. The number of nitrogens with two attached hydrogens (primary N) is 3. The molecule has 0 aliphatic carbocycles. The molecule has 1 amide bonds. The summed E-state index contributed by atoms with van der Waals surface area (Å²) in [6.45, 7) is 22.5. The predicted molar refractivity (Wildman–Crippen MR) is 238 cm³/mol. The second-order valence-corrected chi connectivity index (χ2v) is 13.0. The molecule has 0 fully saturated rings. The topological polar surface area (TPSA) is 134 Å². The van der Waals surface area contributed by atoms with Gasteiger partial charge in [0.25, 0.3) is 0 Å². The first kappa shape index (κ1) is 71.3. The number of nitrogens with zero attached hydrogens (tertiary/aromatic N) is 3. The molecular weight excluding hydrogens is 635 g/mol. The quantitative estimate of drug-likeness (QED) is 0.0682. The Morgan fingerprint density at radius 1 is 0.549 bits per heavy atom. The number of ketones is 1. The minimum absolute atomic E-state index is 0. The first-order valence-corrected chi connectivity index (χ1v) is 19.3. The van der Waals surface area contributed by atoms with E-state index < -0.39 is 0 Å². The fraction of sp³-hybridized carbons (Fsp3) is 0.952. The van der Waals surface area contributed by atoms with Crippen molar-refractivity contribution in [3.05, 3.63) is 0 Å². The minimum Gasteiger partial charge on any atom is -0.355 e. The maximum Gasteiger partial charge on any atom is 0.220 e. The second-order valence-electron chi connectivity index (χ2n) is 13.0. The Morgan fingerprint density at radius 3 is 1.41 bits per heavy atom. The molecule has 0 aromatic carbocycles. The molecule has 0 aromatic heterocycles. The van der Waals surface area contributed by atoms with Crippen molar-refractivity contribution in [1.82, 2.24) is 20.0 Å². The molecule has 0 saturated carbocycles. The smallest absolute Gasteiger partial charge is 0.220 e. The Kier molecular flexibility index (Phi) is 89.4. The van der Waals surface area contributed by atoms with E-state index in [2.05, 4.69) is 63.8 Å². The third-order valence-electron chi connectivity index (χ3n) is 7.08. The van der Waals surface area contributed by atoms with Gasteiger partial charge in [0.1, 0.15) is 5.78 Å². The third-order valence-corrected chi connectivity index (χ3v) is 7.08. The van der Waals surface area contributed by atoms with Gasteiger partial charge in [-0.2, -0.15) is 0 Å². The van der Waals surface area contributed by atoms with Gasteiger partial charge in [-0.15, -0.1) is 0 Å². The Morgan fingerprint density at radius 2 is 1.06 bits per heavy atom. The first-order valence-electron chi connectivity index (χ1n) is 19.3. The molecule has 0 aliphatic rings. The Balaban J connectivity index is -0.0000000623. The Labute approximate surface area is 325 Å². The van der Waals surface area contributed by atoms with E-state index in [4.69, 9.17) is 17.2 Å². The van der Waals surface area contributed by atoms with Crippen LogP contribution in [0.15, 0.2) is 0 Å². The van der Waals surface area contributed by atoms with Crippen LogP contribution in [0.4, 0.5) is 0 Å². The molecule has 0 bridgehead atoms. The predicted octanol–water partition coefficient (Wildman–Crippen LogP) is 9.21. The molecule has 51 heavy (non-hydrogen) atoms. The normalized spacial score (nSPS) is 10.1. The molecule has 1 unspecified atom stereocenters. The van der Waals surface area contributed by atoms with E-state index in [0.29, 0.717) is 6.42 Å². The highest BCUT2D eigenvalue weighted by Crippen LogP contribution is 2.04. The molecule has 1 atom stereocenters. The fourth-order valence-corrected chi connectivity index (χ4v) is 4.05. The number of hydrogen-bond donors (Lipinski definition) is 4. The summed E-state index contributed by atoms with van der Waals surface area (Å²) < 4.78 is 0. The molecule has 7 N–H and O–H groups in total. The van der Waals surface area contributed by atoms with Crippen molar-refractivity contribution >= 4 is 11.7 Å². The molecular formula is C42H105N7O2. The third kappa shape index (κ3) is 83.5. The van der Waals surface area contributed by atoms with Gasteiger partial charge in [-0.25, -0.2) is 0 Å².